The molecule has 2 atom stereocenters. The van der Waals surface area contributed by atoms with Gasteiger partial charge in [-0.2, -0.15) is 0 Å². The summed E-state index contributed by atoms with van der Waals surface area (Å²) < 4.78 is 25.6. The van der Waals surface area contributed by atoms with Crippen LogP contribution in [0.3, 0.4) is 0 Å². The zero-order valence-electron chi connectivity index (χ0n) is 19.4. The van der Waals surface area contributed by atoms with E-state index in [9.17, 15) is 9.18 Å². The van der Waals surface area contributed by atoms with E-state index < -0.39 is 11.9 Å². The van der Waals surface area contributed by atoms with E-state index in [1.807, 2.05) is 6.20 Å². The second kappa shape index (κ2) is 11.0. The molecule has 3 aliphatic heterocycles. The quantitative estimate of drug-likeness (QED) is 0.575. The lowest BCUT2D eigenvalue weighted by atomic mass is 10.00. The van der Waals surface area contributed by atoms with E-state index in [-0.39, 0.29) is 23.2 Å². The van der Waals surface area contributed by atoms with Crippen LogP contribution in [0.1, 0.15) is 35.7 Å². The number of amides is 2. The average molecular weight is 505 g/mol. The van der Waals surface area contributed by atoms with Crippen molar-refractivity contribution in [2.24, 2.45) is 0 Å². The lowest BCUT2D eigenvalue weighted by Gasteiger charge is -2.35. The molecule has 2 amide bonds. The van der Waals surface area contributed by atoms with E-state index in [0.29, 0.717) is 44.2 Å². The molecule has 3 aliphatic rings. The molecular weight excluding hydrogens is 475 g/mol. The smallest absolute Gasteiger partial charge is 0.318 e. The Morgan fingerprint density at radius 3 is 2.91 bits per heavy atom. The molecule has 35 heavy (non-hydrogen) atoms. The van der Waals surface area contributed by atoms with Crippen molar-refractivity contribution in [3.8, 4) is 0 Å². The number of fused-ring (bicyclic) bond motifs is 1. The van der Waals surface area contributed by atoms with Gasteiger partial charge in [-0.15, -0.1) is 0 Å². The molecule has 0 saturated carbocycles. The summed E-state index contributed by atoms with van der Waals surface area (Å²) in [5, 5.41) is 9.78. The minimum Gasteiger partial charge on any atom is -0.381 e. The summed E-state index contributed by atoms with van der Waals surface area (Å²) in [7, 11) is 0. The Morgan fingerprint density at radius 2 is 2.14 bits per heavy atom. The molecule has 0 spiro atoms. The zero-order chi connectivity index (χ0) is 24.2. The van der Waals surface area contributed by atoms with Crippen LogP contribution in [0.25, 0.3) is 0 Å². The van der Waals surface area contributed by atoms with E-state index in [0.717, 1.165) is 43.9 Å². The molecule has 5 rings (SSSR count). The highest BCUT2D eigenvalue weighted by Crippen LogP contribution is 2.26. The van der Waals surface area contributed by atoms with Crippen LogP contribution in [-0.2, 0) is 22.4 Å². The highest BCUT2D eigenvalue weighted by Gasteiger charge is 2.31. The maximum Gasteiger partial charge on any atom is 0.318 e. The van der Waals surface area contributed by atoms with Gasteiger partial charge in [0.25, 0.3) is 0 Å². The molecular formula is C24H30ClFN6O3. The van der Waals surface area contributed by atoms with Gasteiger partial charge in [-0.25, -0.2) is 19.2 Å². The van der Waals surface area contributed by atoms with Crippen LogP contribution in [0.15, 0.2) is 24.4 Å². The molecule has 2 fully saturated rings. The maximum absolute atomic E-state index is 14.2. The number of benzene rings is 1. The van der Waals surface area contributed by atoms with Gasteiger partial charge in [-0.1, -0.05) is 17.7 Å². The first kappa shape index (κ1) is 24.2. The second-order valence-corrected chi connectivity index (χ2v) is 9.49. The van der Waals surface area contributed by atoms with Crippen molar-refractivity contribution < 1.29 is 18.7 Å². The number of carbonyl (C=O) groups is 1. The van der Waals surface area contributed by atoms with Crippen LogP contribution in [0.4, 0.5) is 15.1 Å². The van der Waals surface area contributed by atoms with Gasteiger partial charge < -0.3 is 30.3 Å². The number of halogens is 2. The summed E-state index contributed by atoms with van der Waals surface area (Å²) in [6.45, 7) is 4.18. The summed E-state index contributed by atoms with van der Waals surface area (Å²) in [5.41, 5.74) is 2.49. The van der Waals surface area contributed by atoms with E-state index in [4.69, 9.17) is 26.1 Å². The topological polar surface area (TPSA) is 101 Å². The summed E-state index contributed by atoms with van der Waals surface area (Å²) in [6.07, 6.45) is 4.02. The van der Waals surface area contributed by atoms with Crippen molar-refractivity contribution in [1.29, 1.82) is 0 Å². The summed E-state index contributed by atoms with van der Waals surface area (Å²) in [4.78, 5) is 24.2. The molecule has 4 heterocycles. The van der Waals surface area contributed by atoms with Gasteiger partial charge in [-0.05, 0) is 42.5 Å². The standard InChI is InChI=1S/C24H30ClFN6O3/c25-18-2-1-15(11-19(18)26)22(21-13-27-6-10-35-21)31-24(33)32-7-3-16-12-28-23(30-20(16)14-32)29-17-4-8-34-9-5-17/h1-2,11-12,17,21-22,27H,3-10,13-14H2,(H,31,33)(H,28,29,30)/t21-,22+/m0/s1. The number of ether oxygens (including phenoxy) is 2. The van der Waals surface area contributed by atoms with Crippen LogP contribution in [-0.4, -0.2) is 72.5 Å². The average Bonchev–Trinajstić information content (AvgIpc) is 2.89. The third-order valence-corrected chi connectivity index (χ3v) is 7.00. The summed E-state index contributed by atoms with van der Waals surface area (Å²) in [5.74, 6) is 0.0504. The van der Waals surface area contributed by atoms with Crippen molar-refractivity contribution in [3.05, 3.63) is 52.1 Å². The Balaban J connectivity index is 1.29. The largest absolute Gasteiger partial charge is 0.381 e. The Morgan fingerprint density at radius 1 is 1.29 bits per heavy atom. The highest BCUT2D eigenvalue weighted by molar-refractivity contribution is 6.30. The van der Waals surface area contributed by atoms with E-state index >= 15 is 0 Å². The lowest BCUT2D eigenvalue weighted by Crippen LogP contribution is -2.51. The van der Waals surface area contributed by atoms with E-state index in [1.165, 1.54) is 12.1 Å². The number of carbonyl (C=O) groups excluding carboxylic acids is 1. The number of urea groups is 1. The number of nitrogens with zero attached hydrogens (tertiary/aromatic N) is 3. The molecule has 0 radical (unpaired) electrons. The number of aromatic nitrogens is 2. The van der Waals surface area contributed by atoms with Crippen molar-refractivity contribution >= 4 is 23.6 Å². The number of morpholine rings is 1. The van der Waals surface area contributed by atoms with Gasteiger partial charge in [0.05, 0.1) is 36.0 Å². The molecule has 2 saturated heterocycles. The monoisotopic (exact) mass is 504 g/mol. The molecule has 188 valence electrons. The predicted octanol–water partition coefficient (Wildman–Crippen LogP) is 2.66. The molecule has 3 N–H and O–H groups in total. The molecule has 9 nitrogen and oxygen atoms in total. The van der Waals surface area contributed by atoms with Gasteiger partial charge >= 0.3 is 6.03 Å². The van der Waals surface area contributed by atoms with Crippen molar-refractivity contribution in [1.82, 2.24) is 25.5 Å². The van der Waals surface area contributed by atoms with Gasteiger partial charge in [0, 0.05) is 45.1 Å². The number of anilines is 1. The fourth-order valence-corrected chi connectivity index (χ4v) is 4.81. The first-order chi connectivity index (χ1) is 17.1. The van der Waals surface area contributed by atoms with Gasteiger partial charge in [0.15, 0.2) is 0 Å². The lowest BCUT2D eigenvalue weighted by molar-refractivity contribution is 0.00488. The van der Waals surface area contributed by atoms with Crippen molar-refractivity contribution in [2.75, 3.05) is 44.8 Å². The van der Waals surface area contributed by atoms with Gasteiger partial charge in [0.2, 0.25) is 5.95 Å². The molecule has 1 aromatic carbocycles. The number of nitrogens with one attached hydrogen (secondary N) is 3. The van der Waals surface area contributed by atoms with Crippen LogP contribution < -0.4 is 16.0 Å². The predicted molar refractivity (Wildman–Crippen MR) is 129 cm³/mol. The fourth-order valence-electron chi connectivity index (χ4n) is 4.69. The minimum absolute atomic E-state index is 0.0407. The number of hydrogen-bond donors (Lipinski definition) is 3. The maximum atomic E-state index is 14.2. The third kappa shape index (κ3) is 5.83. The first-order valence-electron chi connectivity index (χ1n) is 12.1. The SMILES string of the molecule is O=C(N[C@H](c1ccc(Cl)c(F)c1)[C@@H]1CNCCO1)N1CCc2cnc(NC3CCOCC3)nc2C1. The second-order valence-electron chi connectivity index (χ2n) is 9.08. The Labute approximate surface area is 208 Å². The molecule has 1 aromatic heterocycles. The first-order valence-corrected chi connectivity index (χ1v) is 12.5. The molecule has 11 heteroatoms. The third-order valence-electron chi connectivity index (χ3n) is 6.70. The molecule has 0 unspecified atom stereocenters. The number of hydrogen-bond acceptors (Lipinski definition) is 7. The molecule has 0 aliphatic carbocycles. The van der Waals surface area contributed by atoms with E-state index in [2.05, 4.69) is 20.9 Å². The van der Waals surface area contributed by atoms with Gasteiger partial charge in [0.1, 0.15) is 5.82 Å². The van der Waals surface area contributed by atoms with Crippen LogP contribution >= 0.6 is 11.6 Å². The molecule has 2 aromatic rings. The van der Waals surface area contributed by atoms with Crippen LogP contribution in [0.5, 0.6) is 0 Å². The Bertz CT molecular complexity index is 1050. The van der Waals surface area contributed by atoms with Crippen LogP contribution in [0.2, 0.25) is 5.02 Å². The zero-order valence-corrected chi connectivity index (χ0v) is 20.2. The normalized spacial score (nSPS) is 21.8. The molecule has 0 bridgehead atoms. The summed E-state index contributed by atoms with van der Waals surface area (Å²) in [6, 6.07) is 4.10. The Hall–Kier alpha value is -2.53. The fraction of sp³-hybridized carbons (Fsp3) is 0.542. The summed E-state index contributed by atoms with van der Waals surface area (Å²) >= 11 is 5.88. The van der Waals surface area contributed by atoms with Crippen LogP contribution in [0, 0.1) is 5.82 Å². The van der Waals surface area contributed by atoms with E-state index in [1.54, 1.807) is 11.0 Å². The Kier molecular flexibility index (Phi) is 7.62. The van der Waals surface area contributed by atoms with Crippen molar-refractivity contribution in [2.45, 2.75) is 44.0 Å². The van der Waals surface area contributed by atoms with Crippen molar-refractivity contribution in [3.63, 3.8) is 0 Å². The minimum atomic E-state index is -0.528. The van der Waals surface area contributed by atoms with Gasteiger partial charge in [-0.3, -0.25) is 0 Å². The highest BCUT2D eigenvalue weighted by atomic mass is 35.5. The number of rotatable bonds is 5.